The predicted molar refractivity (Wildman–Crippen MR) is 146 cm³/mol. The van der Waals surface area contributed by atoms with Crippen molar-refractivity contribution in [2.24, 2.45) is 39.4 Å². The number of carbonyl (C=O) groups is 2. The highest BCUT2D eigenvalue weighted by atomic mass is 16.5. The number of aliphatic carboxylic acids is 1. The second kappa shape index (κ2) is 9.54. The Balaban J connectivity index is 1.65. The van der Waals surface area contributed by atoms with E-state index < -0.39 is 18.0 Å². The molecule has 8 atom stereocenters. The van der Waals surface area contributed by atoms with Gasteiger partial charge in [0, 0.05) is 12.3 Å². The summed E-state index contributed by atoms with van der Waals surface area (Å²) in [4.78, 5) is 24.4. The fourth-order valence-electron chi connectivity index (χ4n) is 9.84. The molecule has 2 saturated carbocycles. The van der Waals surface area contributed by atoms with Gasteiger partial charge >= 0.3 is 11.9 Å². The van der Waals surface area contributed by atoms with Gasteiger partial charge in [0.1, 0.15) is 6.10 Å². The van der Waals surface area contributed by atoms with Gasteiger partial charge in [-0.05, 0) is 99.2 Å². The average Bonchev–Trinajstić information content (AvgIpc) is 3.07. The van der Waals surface area contributed by atoms with Gasteiger partial charge in [0.15, 0.2) is 0 Å². The number of hydrogen-bond donors (Lipinski definition) is 2. The van der Waals surface area contributed by atoms with Crippen molar-refractivity contribution < 1.29 is 24.5 Å². The van der Waals surface area contributed by atoms with Gasteiger partial charge in [-0.2, -0.15) is 0 Å². The van der Waals surface area contributed by atoms with Crippen LogP contribution in [-0.4, -0.2) is 34.4 Å². The zero-order valence-corrected chi connectivity index (χ0v) is 24.3. The van der Waals surface area contributed by atoms with E-state index in [-0.39, 0.29) is 39.7 Å². The van der Waals surface area contributed by atoms with Crippen molar-refractivity contribution in [3.8, 4) is 0 Å². The molecule has 0 bridgehead atoms. The van der Waals surface area contributed by atoms with E-state index in [2.05, 4.69) is 41.2 Å². The van der Waals surface area contributed by atoms with Gasteiger partial charge in [0.25, 0.3) is 0 Å². The minimum atomic E-state index is -0.717. The molecule has 2 fully saturated rings. The van der Waals surface area contributed by atoms with Gasteiger partial charge in [-0.15, -0.1) is 0 Å². The van der Waals surface area contributed by atoms with Crippen molar-refractivity contribution in [1.82, 2.24) is 0 Å². The topological polar surface area (TPSA) is 83.8 Å². The maximum Gasteiger partial charge on any atom is 0.306 e. The van der Waals surface area contributed by atoms with Crippen LogP contribution in [0.25, 0.3) is 0 Å². The highest BCUT2D eigenvalue weighted by molar-refractivity contribution is 5.70. The van der Waals surface area contributed by atoms with E-state index in [1.807, 2.05) is 0 Å². The molecule has 37 heavy (non-hydrogen) atoms. The summed E-state index contributed by atoms with van der Waals surface area (Å²) in [6, 6.07) is 0. The molecule has 5 nitrogen and oxygen atoms in total. The summed E-state index contributed by atoms with van der Waals surface area (Å²) < 4.78 is 5.83. The summed E-state index contributed by atoms with van der Waals surface area (Å²) in [5, 5.41) is 20.6. The lowest BCUT2D eigenvalue weighted by Crippen LogP contribution is -2.56. The Morgan fingerprint density at radius 2 is 1.65 bits per heavy atom. The molecule has 5 heteroatoms. The standard InChI is InChI=1S/C32H50O5/c1-19(2)25(34)11-9-21(28(35)36)22-13-17-32(8)24-10-12-26-29(4,5)27(37-20(3)33)15-16-30(26,6)23(24)14-18-31(22,32)7/h21-22,25-27,34H,1,9-18H2,2-8H3,(H,35,36). The number of carboxylic acids is 1. The summed E-state index contributed by atoms with van der Waals surface area (Å²) in [5.41, 5.74) is 3.95. The minimum Gasteiger partial charge on any atom is -0.481 e. The smallest absolute Gasteiger partial charge is 0.306 e. The third-order valence-corrected chi connectivity index (χ3v) is 12.2. The first kappa shape index (κ1) is 28.4. The van der Waals surface area contributed by atoms with Gasteiger partial charge in [0.2, 0.25) is 0 Å². The predicted octanol–water partition coefficient (Wildman–Crippen LogP) is 7.09. The second-order valence-electron chi connectivity index (χ2n) is 14.2. The van der Waals surface area contributed by atoms with Gasteiger partial charge < -0.3 is 14.9 Å². The fraction of sp³-hybridized carbons (Fsp3) is 0.812. The Morgan fingerprint density at radius 1 is 0.973 bits per heavy atom. The highest BCUT2D eigenvalue weighted by Crippen LogP contribution is 2.72. The quantitative estimate of drug-likeness (QED) is 0.280. The second-order valence-corrected chi connectivity index (χ2v) is 14.2. The molecule has 0 aromatic rings. The number of rotatable bonds is 7. The molecule has 8 unspecified atom stereocenters. The molecule has 4 aliphatic rings. The lowest BCUT2D eigenvalue weighted by Gasteiger charge is -2.62. The van der Waals surface area contributed by atoms with E-state index in [0.717, 1.165) is 51.4 Å². The van der Waals surface area contributed by atoms with Crippen molar-refractivity contribution in [3.05, 3.63) is 23.3 Å². The minimum absolute atomic E-state index is 0.0107. The lowest BCUT2D eigenvalue weighted by molar-refractivity contribution is -0.167. The number of hydrogen-bond acceptors (Lipinski definition) is 4. The SMILES string of the molecule is C=C(C)C(O)CCC(C(=O)O)C1CCC2(C)C3=C(CCC12C)C1(C)CCC(OC(C)=O)C(C)(C)C1CC3. The highest BCUT2D eigenvalue weighted by Gasteiger charge is 2.64. The van der Waals surface area contributed by atoms with Crippen LogP contribution in [0.2, 0.25) is 0 Å². The van der Waals surface area contributed by atoms with Crippen molar-refractivity contribution in [2.45, 2.75) is 125 Å². The number of ether oxygens (including phenoxy) is 1. The Kier molecular flexibility index (Phi) is 7.32. The molecule has 0 amide bonds. The molecule has 0 aromatic carbocycles. The van der Waals surface area contributed by atoms with Crippen LogP contribution in [-0.2, 0) is 14.3 Å². The first-order valence-corrected chi connectivity index (χ1v) is 14.6. The number of fused-ring (bicyclic) bond motifs is 4. The summed E-state index contributed by atoms with van der Waals surface area (Å²) in [7, 11) is 0. The zero-order valence-electron chi connectivity index (χ0n) is 24.3. The molecule has 4 aliphatic carbocycles. The lowest BCUT2D eigenvalue weighted by atomic mass is 9.43. The first-order chi connectivity index (χ1) is 17.1. The summed E-state index contributed by atoms with van der Waals surface area (Å²) in [6.45, 7) is 19.0. The molecule has 4 rings (SSSR count). The molecule has 0 heterocycles. The van der Waals surface area contributed by atoms with Crippen LogP contribution in [0.1, 0.15) is 113 Å². The number of aliphatic hydroxyl groups is 1. The van der Waals surface area contributed by atoms with E-state index in [1.165, 1.54) is 6.92 Å². The van der Waals surface area contributed by atoms with E-state index in [1.54, 1.807) is 18.1 Å². The van der Waals surface area contributed by atoms with Gasteiger partial charge in [-0.3, -0.25) is 9.59 Å². The fourth-order valence-corrected chi connectivity index (χ4v) is 9.84. The molecule has 208 valence electrons. The monoisotopic (exact) mass is 514 g/mol. The molecule has 0 aliphatic heterocycles. The van der Waals surface area contributed by atoms with E-state index in [0.29, 0.717) is 24.3 Å². The van der Waals surface area contributed by atoms with E-state index >= 15 is 0 Å². The van der Waals surface area contributed by atoms with Gasteiger partial charge in [0.05, 0.1) is 12.0 Å². The molecular formula is C32H50O5. The summed E-state index contributed by atoms with van der Waals surface area (Å²) >= 11 is 0. The largest absolute Gasteiger partial charge is 0.481 e. The Labute approximate surface area is 224 Å². The van der Waals surface area contributed by atoms with Crippen LogP contribution >= 0.6 is 0 Å². The van der Waals surface area contributed by atoms with Crippen molar-refractivity contribution in [1.29, 1.82) is 0 Å². The Morgan fingerprint density at radius 3 is 2.24 bits per heavy atom. The number of allylic oxidation sites excluding steroid dienone is 2. The van der Waals surface area contributed by atoms with Crippen LogP contribution in [0.15, 0.2) is 23.3 Å². The van der Waals surface area contributed by atoms with E-state index in [4.69, 9.17) is 4.74 Å². The first-order valence-electron chi connectivity index (χ1n) is 14.6. The zero-order chi connectivity index (χ0) is 27.6. The molecule has 0 aromatic heterocycles. The third-order valence-electron chi connectivity index (χ3n) is 12.2. The third kappa shape index (κ3) is 4.32. The normalized spacial score (nSPS) is 40.2. The van der Waals surface area contributed by atoms with Crippen LogP contribution in [0, 0.1) is 39.4 Å². The Hall–Kier alpha value is -1.62. The van der Waals surface area contributed by atoms with Gasteiger partial charge in [-0.25, -0.2) is 0 Å². The Bertz CT molecular complexity index is 993. The number of esters is 1. The summed E-state index contributed by atoms with van der Waals surface area (Å²) in [5.74, 6) is -0.752. The molecule has 2 N–H and O–H groups in total. The van der Waals surface area contributed by atoms with Crippen LogP contribution in [0.4, 0.5) is 0 Å². The number of aliphatic hydroxyl groups excluding tert-OH is 1. The van der Waals surface area contributed by atoms with Gasteiger partial charge in [-0.1, -0.05) is 57.9 Å². The van der Waals surface area contributed by atoms with Crippen LogP contribution < -0.4 is 0 Å². The van der Waals surface area contributed by atoms with Crippen molar-refractivity contribution in [2.75, 3.05) is 0 Å². The van der Waals surface area contributed by atoms with E-state index in [9.17, 15) is 19.8 Å². The molecule has 0 saturated heterocycles. The summed E-state index contributed by atoms with van der Waals surface area (Å²) in [6.07, 6.45) is 8.45. The average molecular weight is 515 g/mol. The number of carbonyl (C=O) groups excluding carboxylic acids is 1. The number of carboxylic acid groups (broad SMARTS) is 1. The van der Waals surface area contributed by atoms with Crippen LogP contribution in [0.5, 0.6) is 0 Å². The molecule has 0 spiro atoms. The van der Waals surface area contributed by atoms with Crippen molar-refractivity contribution in [3.63, 3.8) is 0 Å². The maximum atomic E-state index is 12.5. The molecule has 0 radical (unpaired) electrons. The molecular weight excluding hydrogens is 464 g/mol. The van der Waals surface area contributed by atoms with Crippen molar-refractivity contribution >= 4 is 11.9 Å². The maximum absolute atomic E-state index is 12.5. The van der Waals surface area contributed by atoms with Crippen LogP contribution in [0.3, 0.4) is 0 Å².